The van der Waals surface area contributed by atoms with Crippen molar-refractivity contribution in [1.82, 2.24) is 15.3 Å². The number of alkyl halides is 3. The number of hydrogen-bond donors (Lipinski definition) is 4. The van der Waals surface area contributed by atoms with Crippen LogP contribution in [0.25, 0.3) is 0 Å². The number of amides is 1. The fourth-order valence-electron chi connectivity index (χ4n) is 3.78. The van der Waals surface area contributed by atoms with E-state index in [0.29, 0.717) is 18.0 Å². The van der Waals surface area contributed by atoms with Gasteiger partial charge in [0.05, 0.1) is 19.8 Å². The van der Waals surface area contributed by atoms with Crippen molar-refractivity contribution in [1.29, 1.82) is 0 Å². The lowest BCUT2D eigenvalue weighted by Gasteiger charge is -2.14. The third kappa shape index (κ3) is 11.5. The highest BCUT2D eigenvalue weighted by atomic mass is 19.4. The fourth-order valence-corrected chi connectivity index (χ4v) is 3.78. The Balaban J connectivity index is 0.000000273. The minimum absolute atomic E-state index is 0.0841. The molecule has 4 aromatic carbocycles. The molecule has 0 aliphatic rings. The topological polar surface area (TPSA) is 137 Å². The van der Waals surface area contributed by atoms with Crippen LogP contribution in [0.3, 0.4) is 0 Å². The molecule has 240 valence electrons. The van der Waals surface area contributed by atoms with Gasteiger partial charge in [-0.15, -0.1) is 0 Å². The summed E-state index contributed by atoms with van der Waals surface area (Å²) in [6.07, 6.45) is -3.97. The highest BCUT2D eigenvalue weighted by Crippen LogP contribution is 2.31. The van der Waals surface area contributed by atoms with E-state index in [1.807, 2.05) is 48.5 Å². The van der Waals surface area contributed by atoms with Gasteiger partial charge >= 0.3 is 6.18 Å². The van der Waals surface area contributed by atoms with Crippen molar-refractivity contribution in [2.45, 2.75) is 19.3 Å². The second kappa shape index (κ2) is 17.6. The third-order valence-electron chi connectivity index (χ3n) is 6.10. The van der Waals surface area contributed by atoms with Gasteiger partial charge < -0.3 is 31.6 Å². The second-order valence-electron chi connectivity index (χ2n) is 9.45. The van der Waals surface area contributed by atoms with Gasteiger partial charge in [0.2, 0.25) is 5.95 Å². The van der Waals surface area contributed by atoms with E-state index in [1.165, 1.54) is 12.7 Å². The molecule has 6 N–H and O–H groups in total. The number of carbonyl (C=O) groups excluding carboxylic acids is 1. The van der Waals surface area contributed by atoms with Crippen LogP contribution in [0.1, 0.15) is 27.2 Å². The number of nitrogens with zero attached hydrogens (tertiary/aromatic N) is 2. The Bertz CT molecular complexity index is 1660. The number of nitrogens with one attached hydrogen (secondary N) is 2. The molecular formula is C34H35F3N6O3. The van der Waals surface area contributed by atoms with E-state index < -0.39 is 23.3 Å². The molecule has 0 saturated carbocycles. The predicted molar refractivity (Wildman–Crippen MR) is 173 cm³/mol. The molecule has 1 amide bonds. The normalized spacial score (nSPS) is 10.3. The van der Waals surface area contributed by atoms with E-state index in [1.54, 1.807) is 67.8 Å². The molecule has 9 nitrogen and oxygen atoms in total. The van der Waals surface area contributed by atoms with E-state index in [0.717, 1.165) is 23.2 Å². The Morgan fingerprint density at radius 3 is 1.91 bits per heavy atom. The third-order valence-corrected chi connectivity index (χ3v) is 6.10. The van der Waals surface area contributed by atoms with Gasteiger partial charge in [0.25, 0.3) is 5.91 Å². The maximum absolute atomic E-state index is 13.5. The maximum atomic E-state index is 13.5. The first-order valence-electron chi connectivity index (χ1n) is 13.9. The first-order valence-corrected chi connectivity index (χ1v) is 13.9. The lowest BCUT2D eigenvalue weighted by atomic mass is 10.2. The lowest BCUT2D eigenvalue weighted by Crippen LogP contribution is -2.27. The smallest absolute Gasteiger partial charge is 0.434 e. The number of aromatic nitrogens is 2. The molecule has 5 rings (SSSR count). The van der Waals surface area contributed by atoms with E-state index in [4.69, 9.17) is 20.9 Å². The first-order chi connectivity index (χ1) is 22.1. The van der Waals surface area contributed by atoms with E-state index in [-0.39, 0.29) is 12.5 Å². The van der Waals surface area contributed by atoms with Crippen molar-refractivity contribution in [3.63, 3.8) is 0 Å². The van der Waals surface area contributed by atoms with Crippen LogP contribution < -0.4 is 31.6 Å². The monoisotopic (exact) mass is 632 g/mol. The number of nitrogen functional groups attached to an aromatic ring is 1. The number of methoxy groups -OCH3 is 2. The zero-order valence-electron chi connectivity index (χ0n) is 25.3. The Labute approximate surface area is 265 Å². The molecule has 0 radical (unpaired) electrons. The Morgan fingerprint density at radius 2 is 1.39 bits per heavy atom. The molecule has 0 aliphatic heterocycles. The summed E-state index contributed by atoms with van der Waals surface area (Å²) >= 11 is 0. The van der Waals surface area contributed by atoms with Gasteiger partial charge in [0.1, 0.15) is 11.5 Å². The maximum Gasteiger partial charge on any atom is 0.434 e. The number of halogens is 3. The van der Waals surface area contributed by atoms with Crippen LogP contribution in [0.15, 0.2) is 115 Å². The Hall–Kier alpha value is -5.62. The number of carbonyl (C=O) groups is 1. The summed E-state index contributed by atoms with van der Waals surface area (Å²) in [5.41, 5.74) is 12.0. The SMILES string of the molecule is COc1cccc(N)c1.COc1cccc(Nc2ncc(C(=O)NCc3ccccc3)c(C(F)(F)F)n2)c1.NCc1ccccc1. The van der Waals surface area contributed by atoms with Crippen LogP contribution in [0.5, 0.6) is 11.5 Å². The first kappa shape index (κ1) is 34.9. The summed E-state index contributed by atoms with van der Waals surface area (Å²) in [7, 11) is 3.09. The standard InChI is InChI=1S/C20H17F3N4O2.C7H9NO.C7H9N/c1-29-15-9-5-8-14(10-15)26-19-25-12-16(17(27-19)20(21,22)23)18(28)24-11-13-6-3-2-4-7-13;1-9-7-4-2-3-6(8)5-7;8-6-7-4-2-1-3-5-7/h2-10,12H,11H2,1H3,(H,24,28)(H,25,26,27);2-5H,8H2,1H3;1-5H,6,8H2. The molecule has 0 aliphatic carbocycles. The number of benzene rings is 4. The van der Waals surface area contributed by atoms with Crippen molar-refractivity contribution in [3.05, 3.63) is 138 Å². The number of nitrogens with two attached hydrogens (primary N) is 2. The minimum Gasteiger partial charge on any atom is -0.497 e. The van der Waals surface area contributed by atoms with Crippen molar-refractivity contribution in [2.24, 2.45) is 5.73 Å². The summed E-state index contributed by atoms with van der Waals surface area (Å²) < 4.78 is 50.5. The molecule has 0 bridgehead atoms. The highest BCUT2D eigenvalue weighted by molar-refractivity contribution is 5.95. The minimum atomic E-state index is -4.83. The summed E-state index contributed by atoms with van der Waals surface area (Å²) in [5.74, 6) is 0.122. The second-order valence-corrected chi connectivity index (χ2v) is 9.45. The number of rotatable bonds is 8. The molecule has 1 heterocycles. The average molecular weight is 633 g/mol. The van der Waals surface area contributed by atoms with Gasteiger partial charge in [0.15, 0.2) is 5.69 Å². The largest absolute Gasteiger partial charge is 0.497 e. The zero-order valence-corrected chi connectivity index (χ0v) is 25.3. The number of ether oxygens (including phenoxy) is 2. The Kier molecular flexibility index (Phi) is 13.4. The molecule has 0 unspecified atom stereocenters. The summed E-state index contributed by atoms with van der Waals surface area (Å²) in [4.78, 5) is 19.7. The molecule has 0 saturated heterocycles. The number of hydrogen-bond acceptors (Lipinski definition) is 8. The van der Waals surface area contributed by atoms with Crippen molar-refractivity contribution in [2.75, 3.05) is 25.3 Å². The van der Waals surface area contributed by atoms with E-state index in [2.05, 4.69) is 20.6 Å². The summed E-state index contributed by atoms with van der Waals surface area (Å²) in [5, 5.41) is 5.14. The molecule has 1 aromatic heterocycles. The van der Waals surface area contributed by atoms with Crippen molar-refractivity contribution in [3.8, 4) is 11.5 Å². The molecule has 0 fully saturated rings. The lowest BCUT2D eigenvalue weighted by molar-refractivity contribution is -0.141. The van der Waals surface area contributed by atoms with Crippen LogP contribution in [0.4, 0.5) is 30.5 Å². The van der Waals surface area contributed by atoms with E-state index in [9.17, 15) is 18.0 Å². The highest BCUT2D eigenvalue weighted by Gasteiger charge is 2.38. The summed E-state index contributed by atoms with van der Waals surface area (Å²) in [6, 6.07) is 32.7. The molecule has 5 aromatic rings. The van der Waals surface area contributed by atoms with Crippen LogP contribution in [-0.4, -0.2) is 30.1 Å². The van der Waals surface area contributed by atoms with Crippen LogP contribution >= 0.6 is 0 Å². The van der Waals surface area contributed by atoms with E-state index >= 15 is 0 Å². The zero-order chi connectivity index (χ0) is 33.4. The van der Waals surface area contributed by atoms with Gasteiger partial charge in [-0.3, -0.25) is 4.79 Å². The molecule has 0 atom stereocenters. The average Bonchev–Trinajstić information content (AvgIpc) is 3.08. The molecule has 12 heteroatoms. The molecular weight excluding hydrogens is 597 g/mol. The predicted octanol–water partition coefficient (Wildman–Crippen LogP) is 6.60. The van der Waals surface area contributed by atoms with Gasteiger partial charge in [-0.05, 0) is 35.4 Å². The van der Waals surface area contributed by atoms with Crippen molar-refractivity contribution >= 4 is 23.2 Å². The van der Waals surface area contributed by atoms with Crippen molar-refractivity contribution < 1.29 is 27.4 Å². The molecule has 46 heavy (non-hydrogen) atoms. The van der Waals surface area contributed by atoms with Crippen LogP contribution in [-0.2, 0) is 19.3 Å². The van der Waals surface area contributed by atoms with Crippen LogP contribution in [0.2, 0.25) is 0 Å². The van der Waals surface area contributed by atoms with Gasteiger partial charge in [0, 0.05) is 42.8 Å². The fraction of sp³-hybridized carbons (Fsp3) is 0.147. The number of anilines is 3. The van der Waals surface area contributed by atoms with Gasteiger partial charge in [-0.1, -0.05) is 72.8 Å². The van der Waals surface area contributed by atoms with Gasteiger partial charge in [-0.2, -0.15) is 13.2 Å². The summed E-state index contributed by atoms with van der Waals surface area (Å²) in [6.45, 7) is 0.724. The van der Waals surface area contributed by atoms with Crippen LogP contribution in [0, 0.1) is 0 Å². The quantitative estimate of drug-likeness (QED) is 0.141. The van der Waals surface area contributed by atoms with Gasteiger partial charge in [-0.25, -0.2) is 9.97 Å². The Morgan fingerprint density at radius 1 is 0.804 bits per heavy atom. The molecule has 0 spiro atoms.